The summed E-state index contributed by atoms with van der Waals surface area (Å²) in [6.07, 6.45) is 6.22. The van der Waals surface area contributed by atoms with Crippen molar-refractivity contribution in [2.75, 3.05) is 12.4 Å². The van der Waals surface area contributed by atoms with Crippen molar-refractivity contribution in [2.24, 2.45) is 28.9 Å². The van der Waals surface area contributed by atoms with Crippen LogP contribution in [0, 0.1) is 23.2 Å². The maximum atomic E-state index is 11.6. The van der Waals surface area contributed by atoms with Gasteiger partial charge in [0.25, 0.3) is 0 Å². The third-order valence-electron chi connectivity index (χ3n) is 8.84. The van der Waals surface area contributed by atoms with Gasteiger partial charge in [-0.2, -0.15) is 0 Å². The maximum absolute atomic E-state index is 11.6. The zero-order valence-corrected chi connectivity index (χ0v) is 18.6. The molecular weight excluding hydrogens is 384 g/mol. The highest BCUT2D eigenvalue weighted by molar-refractivity contribution is 5.92. The topological polar surface area (TPSA) is 75.3 Å². The Kier molecular flexibility index (Phi) is 5.09. The van der Waals surface area contributed by atoms with E-state index in [-0.39, 0.29) is 23.3 Å². The SMILES string of the molecule is CNc1ccc2c(c1)CCC1C2CC[C@@]2(C)C1C[C@H](Cc1cccc(C(N)=O)c1)[C@@H]2O. The van der Waals surface area contributed by atoms with Crippen LogP contribution in [-0.2, 0) is 12.8 Å². The van der Waals surface area contributed by atoms with Gasteiger partial charge in [-0.1, -0.05) is 25.1 Å². The van der Waals surface area contributed by atoms with Crippen LogP contribution in [0.5, 0.6) is 0 Å². The van der Waals surface area contributed by atoms with Gasteiger partial charge in [0.05, 0.1) is 6.10 Å². The normalized spacial score (nSPS) is 33.8. The fourth-order valence-electron chi connectivity index (χ4n) is 7.24. The van der Waals surface area contributed by atoms with Crippen LogP contribution in [0.15, 0.2) is 42.5 Å². The molecule has 2 aromatic rings. The summed E-state index contributed by atoms with van der Waals surface area (Å²) in [6.45, 7) is 2.33. The Bertz CT molecular complexity index is 1000. The van der Waals surface area contributed by atoms with Gasteiger partial charge in [0, 0.05) is 18.3 Å². The minimum absolute atomic E-state index is 0.00442. The predicted molar refractivity (Wildman–Crippen MR) is 124 cm³/mol. The molecule has 2 aromatic carbocycles. The number of fused-ring (bicyclic) bond motifs is 5. The number of amides is 1. The lowest BCUT2D eigenvalue weighted by atomic mass is 9.55. The largest absolute Gasteiger partial charge is 0.392 e. The van der Waals surface area contributed by atoms with Gasteiger partial charge in [-0.05, 0) is 109 Å². The first-order valence-corrected chi connectivity index (χ1v) is 11.8. The molecule has 5 rings (SSSR count). The van der Waals surface area contributed by atoms with Crippen molar-refractivity contribution >= 4 is 11.6 Å². The summed E-state index contributed by atoms with van der Waals surface area (Å²) in [5.74, 6) is 1.69. The molecule has 2 fully saturated rings. The number of nitrogens with two attached hydrogens (primary N) is 1. The lowest BCUT2D eigenvalue weighted by molar-refractivity contribution is -0.0325. The second kappa shape index (κ2) is 7.67. The highest BCUT2D eigenvalue weighted by Crippen LogP contribution is 2.62. The molecule has 31 heavy (non-hydrogen) atoms. The number of aryl methyl sites for hydroxylation is 1. The van der Waals surface area contributed by atoms with Crippen molar-refractivity contribution in [3.05, 3.63) is 64.7 Å². The molecule has 3 aliphatic carbocycles. The number of benzene rings is 2. The van der Waals surface area contributed by atoms with Gasteiger partial charge in [-0.3, -0.25) is 4.79 Å². The summed E-state index contributed by atoms with van der Waals surface area (Å²) in [6, 6.07) is 14.5. The lowest BCUT2D eigenvalue weighted by Gasteiger charge is -2.50. The molecule has 1 amide bonds. The molecule has 3 aliphatic rings. The molecule has 0 saturated heterocycles. The molecule has 0 bridgehead atoms. The van der Waals surface area contributed by atoms with E-state index in [0.29, 0.717) is 23.3 Å². The van der Waals surface area contributed by atoms with Crippen LogP contribution in [0.1, 0.15) is 65.6 Å². The Morgan fingerprint density at radius 2 is 2.06 bits per heavy atom. The second-order valence-electron chi connectivity index (χ2n) is 10.3. The fourth-order valence-corrected chi connectivity index (χ4v) is 7.24. The molecule has 4 nitrogen and oxygen atoms in total. The van der Waals surface area contributed by atoms with Crippen molar-refractivity contribution in [1.82, 2.24) is 0 Å². The van der Waals surface area contributed by atoms with Crippen LogP contribution >= 0.6 is 0 Å². The first-order valence-electron chi connectivity index (χ1n) is 11.8. The average molecular weight is 419 g/mol. The molecule has 4 N–H and O–H groups in total. The molecule has 164 valence electrons. The van der Waals surface area contributed by atoms with E-state index in [1.54, 1.807) is 11.6 Å². The monoisotopic (exact) mass is 418 g/mol. The molecule has 3 unspecified atom stereocenters. The number of aliphatic hydroxyl groups excluding tert-OH is 1. The smallest absolute Gasteiger partial charge is 0.248 e. The molecule has 0 aliphatic heterocycles. The number of anilines is 1. The zero-order chi connectivity index (χ0) is 21.8. The number of rotatable bonds is 4. The van der Waals surface area contributed by atoms with E-state index >= 15 is 0 Å². The Labute approximate surface area is 185 Å². The minimum Gasteiger partial charge on any atom is -0.392 e. The molecule has 6 atom stereocenters. The standard InChI is InChI=1S/C27H34N2O2/c1-27-11-10-22-21-9-7-20(29-2)14-17(21)6-8-23(22)24(27)15-19(25(27)30)13-16-4-3-5-18(12-16)26(28)31/h3-5,7,9,12,14,19,22-25,29-30H,6,8,10-11,13,15H2,1-2H3,(H2,28,31)/t19-,22?,23?,24?,25-,27-/m0/s1. The Morgan fingerprint density at radius 1 is 1.23 bits per heavy atom. The summed E-state index contributed by atoms with van der Waals surface area (Å²) < 4.78 is 0. The minimum atomic E-state index is -0.389. The summed E-state index contributed by atoms with van der Waals surface area (Å²) in [5, 5.41) is 14.7. The number of carbonyl (C=O) groups is 1. The van der Waals surface area contributed by atoms with Crippen molar-refractivity contribution in [1.29, 1.82) is 0 Å². The first kappa shape index (κ1) is 20.6. The van der Waals surface area contributed by atoms with Gasteiger partial charge >= 0.3 is 0 Å². The van der Waals surface area contributed by atoms with E-state index in [0.717, 1.165) is 31.2 Å². The number of hydrogen-bond donors (Lipinski definition) is 3. The number of aliphatic hydroxyl groups is 1. The van der Waals surface area contributed by atoms with Crippen LogP contribution in [0.25, 0.3) is 0 Å². The van der Waals surface area contributed by atoms with Gasteiger partial charge in [0.2, 0.25) is 5.91 Å². The van der Waals surface area contributed by atoms with Crippen LogP contribution < -0.4 is 11.1 Å². The number of hydrogen-bond acceptors (Lipinski definition) is 3. The Balaban J connectivity index is 1.39. The summed E-state index contributed by atoms with van der Waals surface area (Å²) >= 11 is 0. The Morgan fingerprint density at radius 3 is 2.84 bits per heavy atom. The first-order chi connectivity index (χ1) is 14.9. The number of nitrogens with one attached hydrogen (secondary N) is 1. The molecule has 0 spiro atoms. The second-order valence-corrected chi connectivity index (χ2v) is 10.3. The van der Waals surface area contributed by atoms with Crippen LogP contribution in [0.2, 0.25) is 0 Å². The van der Waals surface area contributed by atoms with E-state index in [1.807, 2.05) is 19.2 Å². The van der Waals surface area contributed by atoms with Crippen LogP contribution in [-0.4, -0.2) is 24.2 Å². The van der Waals surface area contributed by atoms with E-state index < -0.39 is 0 Å². The van der Waals surface area contributed by atoms with E-state index in [9.17, 15) is 9.90 Å². The van der Waals surface area contributed by atoms with Gasteiger partial charge in [0.15, 0.2) is 0 Å². The van der Waals surface area contributed by atoms with Crippen LogP contribution in [0.3, 0.4) is 0 Å². The third-order valence-corrected chi connectivity index (χ3v) is 8.84. The van der Waals surface area contributed by atoms with Gasteiger partial charge < -0.3 is 16.2 Å². The van der Waals surface area contributed by atoms with E-state index in [2.05, 4.69) is 36.5 Å². The molecule has 0 radical (unpaired) electrons. The number of primary amides is 1. The average Bonchev–Trinajstić information content (AvgIpc) is 3.03. The zero-order valence-electron chi connectivity index (χ0n) is 18.6. The Hall–Kier alpha value is -2.33. The highest BCUT2D eigenvalue weighted by atomic mass is 16.3. The summed E-state index contributed by atoms with van der Waals surface area (Å²) in [4.78, 5) is 11.6. The number of carbonyl (C=O) groups excluding carboxylic acids is 1. The summed E-state index contributed by atoms with van der Waals surface area (Å²) in [5.41, 5.74) is 11.4. The molecule has 0 heterocycles. The molecule has 0 aromatic heterocycles. The van der Waals surface area contributed by atoms with Crippen LogP contribution in [0.4, 0.5) is 5.69 Å². The highest BCUT2D eigenvalue weighted by Gasteiger charge is 2.57. The third kappa shape index (κ3) is 3.36. The van der Waals surface area contributed by atoms with Crippen molar-refractivity contribution in [3.8, 4) is 0 Å². The maximum Gasteiger partial charge on any atom is 0.248 e. The summed E-state index contributed by atoms with van der Waals surface area (Å²) in [7, 11) is 1.98. The van der Waals surface area contributed by atoms with Crippen molar-refractivity contribution in [3.63, 3.8) is 0 Å². The molecular formula is C27H34N2O2. The van der Waals surface area contributed by atoms with E-state index in [1.165, 1.54) is 24.1 Å². The van der Waals surface area contributed by atoms with Gasteiger partial charge in [-0.15, -0.1) is 0 Å². The van der Waals surface area contributed by atoms with Gasteiger partial charge in [-0.25, -0.2) is 0 Å². The van der Waals surface area contributed by atoms with Crippen molar-refractivity contribution < 1.29 is 9.90 Å². The lowest BCUT2D eigenvalue weighted by Crippen LogP contribution is -2.44. The predicted octanol–water partition coefficient (Wildman–Crippen LogP) is 4.51. The van der Waals surface area contributed by atoms with E-state index in [4.69, 9.17) is 5.73 Å². The molecule has 2 saturated carbocycles. The fraction of sp³-hybridized carbons (Fsp3) is 0.519. The van der Waals surface area contributed by atoms with Crippen molar-refractivity contribution in [2.45, 2.75) is 57.5 Å². The van der Waals surface area contributed by atoms with Gasteiger partial charge in [0.1, 0.15) is 0 Å². The quantitative estimate of drug-likeness (QED) is 0.684. The molecule has 4 heteroatoms.